The van der Waals surface area contributed by atoms with Crippen LogP contribution in [0.5, 0.6) is 0 Å². The van der Waals surface area contributed by atoms with Gasteiger partial charge in [0.05, 0.1) is 19.7 Å². The van der Waals surface area contributed by atoms with E-state index >= 15 is 0 Å². The van der Waals surface area contributed by atoms with Crippen LogP contribution in [0, 0.1) is 6.92 Å². The second-order valence-electron chi connectivity index (χ2n) is 5.37. The zero-order chi connectivity index (χ0) is 18.8. The first-order valence-electron chi connectivity index (χ1n) is 7.12. The van der Waals surface area contributed by atoms with Crippen molar-refractivity contribution in [1.29, 1.82) is 0 Å². The summed E-state index contributed by atoms with van der Waals surface area (Å²) in [5, 5.41) is 0. The van der Waals surface area contributed by atoms with Crippen LogP contribution in [0.3, 0.4) is 0 Å². The molecule has 0 unspecified atom stereocenters. The molecule has 1 heterocycles. The lowest BCUT2D eigenvalue weighted by molar-refractivity contribution is 0.0475. The minimum Gasteiger partial charge on any atom is -0.454 e. The number of benzene rings is 1. The van der Waals surface area contributed by atoms with Crippen molar-refractivity contribution in [1.82, 2.24) is 4.31 Å². The fourth-order valence-electron chi connectivity index (χ4n) is 1.94. The Bertz CT molecular complexity index is 918. The number of carbonyl (C=O) groups is 2. The third-order valence-electron chi connectivity index (χ3n) is 3.39. The van der Waals surface area contributed by atoms with Crippen LogP contribution in [0.2, 0.25) is 4.34 Å². The second-order valence-corrected chi connectivity index (χ2v) is 9.23. The third-order valence-corrected chi connectivity index (χ3v) is 6.47. The fourth-order valence-corrected chi connectivity index (χ4v) is 3.83. The molecule has 0 bridgehead atoms. The van der Waals surface area contributed by atoms with Gasteiger partial charge in [-0.25, -0.2) is 17.5 Å². The number of nitrogens with zero attached hydrogens (tertiary/aromatic N) is 1. The summed E-state index contributed by atoms with van der Waals surface area (Å²) < 4.78 is 30.9. The number of aryl methyl sites for hydroxylation is 1. The predicted molar refractivity (Wildman–Crippen MR) is 96.0 cm³/mol. The summed E-state index contributed by atoms with van der Waals surface area (Å²) in [5.74, 6) is -1.13. The topological polar surface area (TPSA) is 80.8 Å². The number of carbonyl (C=O) groups excluding carboxylic acids is 2. The van der Waals surface area contributed by atoms with Gasteiger partial charge in [0.1, 0.15) is 0 Å². The van der Waals surface area contributed by atoms with Crippen molar-refractivity contribution in [3.05, 3.63) is 50.7 Å². The lowest BCUT2D eigenvalue weighted by Gasteiger charge is -2.13. The molecule has 1 aromatic carbocycles. The average molecular weight is 402 g/mol. The van der Waals surface area contributed by atoms with Crippen molar-refractivity contribution in [3.63, 3.8) is 0 Å². The quantitative estimate of drug-likeness (QED) is 0.549. The molecule has 1 aromatic heterocycles. The number of rotatable bonds is 6. The molecule has 2 aromatic rings. The molecule has 0 spiro atoms. The van der Waals surface area contributed by atoms with Crippen molar-refractivity contribution in [2.24, 2.45) is 0 Å². The first-order chi connectivity index (χ1) is 11.6. The maximum absolute atomic E-state index is 12.2. The van der Waals surface area contributed by atoms with Crippen LogP contribution in [0.4, 0.5) is 0 Å². The number of thiophene rings is 1. The van der Waals surface area contributed by atoms with Crippen molar-refractivity contribution in [3.8, 4) is 0 Å². The van der Waals surface area contributed by atoms with Gasteiger partial charge in [-0.1, -0.05) is 17.7 Å². The summed E-state index contributed by atoms with van der Waals surface area (Å²) in [7, 11) is -0.874. The maximum Gasteiger partial charge on any atom is 0.338 e. The molecular formula is C16H16ClNO5S2. The number of hydrogen-bond donors (Lipinski definition) is 0. The number of sulfonamides is 1. The standard InChI is InChI=1S/C16H16ClNO5S2/c1-10-4-5-11(25(21,22)18(2)3)8-12(10)16(20)23-9-13(19)14-6-7-15(17)24-14/h4-8H,9H2,1-3H3. The number of ether oxygens (including phenoxy) is 1. The largest absolute Gasteiger partial charge is 0.454 e. The molecule has 0 N–H and O–H groups in total. The van der Waals surface area contributed by atoms with Gasteiger partial charge in [0.25, 0.3) is 0 Å². The van der Waals surface area contributed by atoms with Crippen molar-refractivity contribution in [2.45, 2.75) is 11.8 Å². The normalized spacial score (nSPS) is 11.6. The SMILES string of the molecule is Cc1ccc(S(=O)(=O)N(C)C)cc1C(=O)OCC(=O)c1ccc(Cl)s1. The van der Waals surface area contributed by atoms with Crippen LogP contribution in [-0.2, 0) is 14.8 Å². The molecule has 0 atom stereocenters. The van der Waals surface area contributed by atoms with E-state index in [0.717, 1.165) is 15.6 Å². The van der Waals surface area contributed by atoms with E-state index in [2.05, 4.69) is 0 Å². The molecule has 0 saturated carbocycles. The number of esters is 1. The van der Waals surface area contributed by atoms with E-state index < -0.39 is 22.6 Å². The van der Waals surface area contributed by atoms with Gasteiger partial charge in [-0.3, -0.25) is 4.79 Å². The number of hydrogen-bond acceptors (Lipinski definition) is 6. The fraction of sp³-hybridized carbons (Fsp3) is 0.250. The minimum absolute atomic E-state index is 0.0218. The molecule has 0 radical (unpaired) electrons. The molecule has 134 valence electrons. The van der Waals surface area contributed by atoms with Gasteiger partial charge in [0, 0.05) is 14.1 Å². The van der Waals surface area contributed by atoms with Gasteiger partial charge < -0.3 is 4.74 Å². The van der Waals surface area contributed by atoms with Crippen LogP contribution < -0.4 is 0 Å². The summed E-state index contributed by atoms with van der Waals surface area (Å²) in [4.78, 5) is 24.6. The van der Waals surface area contributed by atoms with E-state index in [1.807, 2.05) is 0 Å². The van der Waals surface area contributed by atoms with Gasteiger partial charge in [-0.2, -0.15) is 0 Å². The Labute approximate surface area is 155 Å². The Morgan fingerprint density at radius 3 is 2.44 bits per heavy atom. The Balaban J connectivity index is 2.17. The zero-order valence-corrected chi connectivity index (χ0v) is 16.2. The van der Waals surface area contributed by atoms with E-state index in [1.54, 1.807) is 19.1 Å². The van der Waals surface area contributed by atoms with E-state index in [0.29, 0.717) is 14.8 Å². The van der Waals surface area contributed by atoms with Crippen LogP contribution >= 0.6 is 22.9 Å². The Hall–Kier alpha value is -1.74. The number of halogens is 1. The molecule has 6 nitrogen and oxygen atoms in total. The van der Waals surface area contributed by atoms with Crippen molar-refractivity contribution >= 4 is 44.7 Å². The van der Waals surface area contributed by atoms with E-state index in [9.17, 15) is 18.0 Å². The third kappa shape index (κ3) is 4.46. The van der Waals surface area contributed by atoms with Crippen LogP contribution in [0.25, 0.3) is 0 Å². The first kappa shape index (κ1) is 19.6. The number of Topliss-reactive ketones (excluding diaryl/α,β-unsaturated/α-hetero) is 1. The van der Waals surface area contributed by atoms with Gasteiger partial charge in [-0.05, 0) is 36.8 Å². The van der Waals surface area contributed by atoms with Gasteiger partial charge in [0.15, 0.2) is 6.61 Å². The summed E-state index contributed by atoms with van der Waals surface area (Å²) in [6.45, 7) is 1.21. The molecule has 9 heteroatoms. The molecule has 0 amide bonds. The maximum atomic E-state index is 12.2. The molecule has 0 aliphatic heterocycles. The summed E-state index contributed by atoms with van der Waals surface area (Å²) >= 11 is 6.86. The zero-order valence-electron chi connectivity index (χ0n) is 13.8. The molecule has 0 aliphatic rings. The second kappa shape index (κ2) is 7.65. The van der Waals surface area contributed by atoms with Gasteiger partial charge >= 0.3 is 5.97 Å². The molecule has 0 saturated heterocycles. The van der Waals surface area contributed by atoms with Gasteiger partial charge in [0.2, 0.25) is 15.8 Å². The predicted octanol–water partition coefficient (Wildman–Crippen LogP) is 3.00. The monoisotopic (exact) mass is 401 g/mol. The molecule has 25 heavy (non-hydrogen) atoms. The van der Waals surface area contributed by atoms with Crippen LogP contribution in [-0.4, -0.2) is 45.2 Å². The lowest BCUT2D eigenvalue weighted by Crippen LogP contribution is -2.23. The lowest BCUT2D eigenvalue weighted by atomic mass is 10.1. The highest BCUT2D eigenvalue weighted by molar-refractivity contribution is 7.89. The summed E-state index contributed by atoms with van der Waals surface area (Å²) in [6.07, 6.45) is 0. The molecular weight excluding hydrogens is 386 g/mol. The number of ketones is 1. The highest BCUT2D eigenvalue weighted by Gasteiger charge is 2.21. The Morgan fingerprint density at radius 1 is 1.20 bits per heavy atom. The Morgan fingerprint density at radius 2 is 1.88 bits per heavy atom. The van der Waals surface area contributed by atoms with E-state index in [4.69, 9.17) is 16.3 Å². The summed E-state index contributed by atoms with van der Waals surface area (Å²) in [5.41, 5.74) is 0.647. The first-order valence-corrected chi connectivity index (χ1v) is 9.75. The van der Waals surface area contributed by atoms with E-state index in [-0.39, 0.29) is 16.2 Å². The highest BCUT2D eigenvalue weighted by atomic mass is 35.5. The minimum atomic E-state index is -3.68. The van der Waals surface area contributed by atoms with Crippen molar-refractivity contribution in [2.75, 3.05) is 20.7 Å². The molecule has 0 fully saturated rings. The Kier molecular flexibility index (Phi) is 5.99. The summed E-state index contributed by atoms with van der Waals surface area (Å²) in [6, 6.07) is 7.33. The smallest absolute Gasteiger partial charge is 0.338 e. The van der Waals surface area contributed by atoms with Crippen LogP contribution in [0.1, 0.15) is 25.6 Å². The highest BCUT2D eigenvalue weighted by Crippen LogP contribution is 2.22. The van der Waals surface area contributed by atoms with Crippen LogP contribution in [0.15, 0.2) is 35.2 Å². The van der Waals surface area contributed by atoms with E-state index in [1.165, 1.54) is 32.3 Å². The van der Waals surface area contributed by atoms with Gasteiger partial charge in [-0.15, -0.1) is 11.3 Å². The van der Waals surface area contributed by atoms with Crippen molar-refractivity contribution < 1.29 is 22.7 Å². The molecule has 2 rings (SSSR count). The average Bonchev–Trinajstić information content (AvgIpc) is 2.99. The molecule has 0 aliphatic carbocycles.